The lowest BCUT2D eigenvalue weighted by Crippen LogP contribution is -2.31. The standard InChI is InChI=1S/C23H22IN5O6S2/c1-34-17-7-3-15(4-8-17)13-29(14-16-5-9-18(35-2)10-6-16)37(32,33)22-20(36(30)31)12-11-19(24)21(22)23-25-27-28-26-23/h3-12H,13-14H2,1-2H3,(H,30,31)(H,25,26,27,28). The molecule has 0 radical (unpaired) electrons. The predicted molar refractivity (Wildman–Crippen MR) is 144 cm³/mol. The van der Waals surface area contributed by atoms with Crippen molar-refractivity contribution in [2.24, 2.45) is 0 Å². The minimum Gasteiger partial charge on any atom is -0.497 e. The largest absolute Gasteiger partial charge is 0.497 e. The number of rotatable bonds is 10. The molecule has 0 spiro atoms. The van der Waals surface area contributed by atoms with E-state index in [1.165, 1.54) is 16.4 Å². The van der Waals surface area contributed by atoms with E-state index in [1.807, 2.05) is 22.6 Å². The maximum Gasteiger partial charge on any atom is 0.245 e. The van der Waals surface area contributed by atoms with Crippen LogP contribution < -0.4 is 9.47 Å². The van der Waals surface area contributed by atoms with E-state index in [1.54, 1.807) is 62.8 Å². The molecule has 0 aliphatic carbocycles. The van der Waals surface area contributed by atoms with Gasteiger partial charge in [0.1, 0.15) is 16.4 Å². The summed E-state index contributed by atoms with van der Waals surface area (Å²) in [7, 11) is -1.30. The Kier molecular flexibility index (Phi) is 8.53. The fourth-order valence-electron chi connectivity index (χ4n) is 3.63. The van der Waals surface area contributed by atoms with Crippen molar-refractivity contribution < 1.29 is 26.7 Å². The van der Waals surface area contributed by atoms with E-state index in [2.05, 4.69) is 20.6 Å². The molecule has 2 N–H and O–H groups in total. The molecule has 0 saturated heterocycles. The lowest BCUT2D eigenvalue weighted by molar-refractivity contribution is 0.396. The van der Waals surface area contributed by atoms with Crippen LogP contribution in [0, 0.1) is 3.57 Å². The number of nitrogens with one attached hydrogen (secondary N) is 1. The third-order valence-electron chi connectivity index (χ3n) is 5.46. The van der Waals surface area contributed by atoms with Gasteiger partial charge in [-0.05, 0) is 75.3 Å². The Morgan fingerprint density at radius 2 is 1.49 bits per heavy atom. The minimum atomic E-state index is -4.39. The van der Waals surface area contributed by atoms with Crippen LogP contribution in [0.2, 0.25) is 0 Å². The van der Waals surface area contributed by atoms with Gasteiger partial charge in [0.2, 0.25) is 15.8 Å². The molecule has 0 aliphatic heterocycles. The second-order valence-corrected chi connectivity index (χ2v) is 11.7. The topological polar surface area (TPSA) is 148 Å². The molecule has 3 aromatic carbocycles. The van der Waals surface area contributed by atoms with E-state index in [0.717, 1.165) is 0 Å². The average Bonchev–Trinajstić information content (AvgIpc) is 3.43. The Hall–Kier alpha value is -2.92. The number of halogens is 1. The van der Waals surface area contributed by atoms with Gasteiger partial charge in [-0.15, -0.1) is 10.2 Å². The van der Waals surface area contributed by atoms with E-state index in [4.69, 9.17) is 9.47 Å². The maximum absolute atomic E-state index is 14.3. The number of sulfonamides is 1. The maximum atomic E-state index is 14.3. The number of aromatic nitrogens is 4. The quantitative estimate of drug-likeness (QED) is 0.194. The summed E-state index contributed by atoms with van der Waals surface area (Å²) in [5.74, 6) is 1.25. The highest BCUT2D eigenvalue weighted by Crippen LogP contribution is 2.36. The molecule has 1 aromatic heterocycles. The summed E-state index contributed by atoms with van der Waals surface area (Å²) >= 11 is -0.673. The first-order valence-corrected chi connectivity index (χ1v) is 14.3. The van der Waals surface area contributed by atoms with Crippen LogP contribution in [0.1, 0.15) is 11.1 Å². The number of aromatic amines is 1. The summed E-state index contributed by atoms with van der Waals surface area (Å²) in [4.78, 5) is -0.640. The lowest BCUT2D eigenvalue weighted by Gasteiger charge is -2.25. The molecular weight excluding hydrogens is 633 g/mol. The summed E-state index contributed by atoms with van der Waals surface area (Å²) in [5.41, 5.74) is 1.47. The van der Waals surface area contributed by atoms with Crippen molar-refractivity contribution >= 4 is 43.7 Å². The van der Waals surface area contributed by atoms with Crippen molar-refractivity contribution in [3.05, 3.63) is 75.4 Å². The highest BCUT2D eigenvalue weighted by atomic mass is 127. The molecule has 1 unspecified atom stereocenters. The van der Waals surface area contributed by atoms with Gasteiger partial charge in [0.05, 0.1) is 24.7 Å². The van der Waals surface area contributed by atoms with Crippen LogP contribution in [0.15, 0.2) is 70.5 Å². The number of hydrogen-bond acceptors (Lipinski definition) is 8. The van der Waals surface area contributed by atoms with Gasteiger partial charge in [-0.1, -0.05) is 24.3 Å². The van der Waals surface area contributed by atoms with Crippen LogP contribution in [-0.2, 0) is 34.2 Å². The van der Waals surface area contributed by atoms with Crippen molar-refractivity contribution in [3.8, 4) is 22.9 Å². The van der Waals surface area contributed by atoms with E-state index < -0.39 is 21.1 Å². The van der Waals surface area contributed by atoms with Gasteiger partial charge in [0, 0.05) is 16.7 Å². The third-order valence-corrected chi connectivity index (χ3v) is 9.08. The Balaban J connectivity index is 1.88. The summed E-state index contributed by atoms with van der Waals surface area (Å²) in [6.07, 6.45) is 0. The first-order valence-electron chi connectivity index (χ1n) is 10.7. The van der Waals surface area contributed by atoms with E-state index in [-0.39, 0.29) is 34.3 Å². The van der Waals surface area contributed by atoms with Gasteiger partial charge < -0.3 is 14.0 Å². The smallest absolute Gasteiger partial charge is 0.245 e. The number of H-pyrrole nitrogens is 1. The molecule has 194 valence electrons. The van der Waals surface area contributed by atoms with Gasteiger partial charge in [-0.2, -0.15) is 9.52 Å². The first kappa shape index (κ1) is 27.1. The molecule has 0 bridgehead atoms. The van der Waals surface area contributed by atoms with Crippen LogP contribution >= 0.6 is 22.6 Å². The molecule has 1 atom stereocenters. The second-order valence-electron chi connectivity index (χ2n) is 7.70. The number of methoxy groups -OCH3 is 2. The molecule has 0 fully saturated rings. The number of ether oxygens (including phenoxy) is 2. The van der Waals surface area contributed by atoms with Crippen molar-refractivity contribution in [3.63, 3.8) is 0 Å². The number of tetrazole rings is 1. The fraction of sp³-hybridized carbons (Fsp3) is 0.174. The summed E-state index contributed by atoms with van der Waals surface area (Å²) in [6.45, 7) is -0.0416. The molecule has 1 heterocycles. The molecule has 0 saturated carbocycles. The monoisotopic (exact) mass is 655 g/mol. The normalized spacial score (nSPS) is 12.5. The van der Waals surface area contributed by atoms with Gasteiger partial charge in [0.25, 0.3) is 0 Å². The van der Waals surface area contributed by atoms with Crippen LogP contribution in [-0.4, -0.2) is 56.3 Å². The summed E-state index contributed by atoms with van der Waals surface area (Å²) in [6, 6.07) is 16.8. The molecular formula is C23H22IN5O6S2. The zero-order valence-electron chi connectivity index (χ0n) is 19.7. The van der Waals surface area contributed by atoms with Gasteiger partial charge in [-0.3, -0.25) is 0 Å². The minimum absolute atomic E-state index is 0.0101. The zero-order valence-corrected chi connectivity index (χ0v) is 23.4. The van der Waals surface area contributed by atoms with Gasteiger partial charge in [-0.25, -0.2) is 12.6 Å². The number of hydrogen-bond donors (Lipinski definition) is 2. The highest BCUT2D eigenvalue weighted by molar-refractivity contribution is 14.1. The Morgan fingerprint density at radius 3 is 1.92 bits per heavy atom. The third kappa shape index (κ3) is 5.98. The average molecular weight is 655 g/mol. The van der Waals surface area contributed by atoms with Crippen LogP contribution in [0.4, 0.5) is 0 Å². The van der Waals surface area contributed by atoms with E-state index in [0.29, 0.717) is 26.2 Å². The van der Waals surface area contributed by atoms with Gasteiger partial charge in [0.15, 0.2) is 11.1 Å². The molecule has 11 nitrogen and oxygen atoms in total. The number of benzene rings is 3. The highest BCUT2D eigenvalue weighted by Gasteiger charge is 2.34. The first-order chi connectivity index (χ1) is 17.7. The Labute approximate surface area is 229 Å². The molecule has 4 rings (SSSR count). The fourth-order valence-corrected chi connectivity index (χ4v) is 7.16. The van der Waals surface area contributed by atoms with Crippen LogP contribution in [0.5, 0.6) is 11.5 Å². The zero-order chi connectivity index (χ0) is 26.6. The van der Waals surface area contributed by atoms with Crippen LogP contribution in [0.3, 0.4) is 0 Å². The molecule has 37 heavy (non-hydrogen) atoms. The predicted octanol–water partition coefficient (Wildman–Crippen LogP) is 3.46. The van der Waals surface area contributed by atoms with Crippen molar-refractivity contribution in [1.29, 1.82) is 0 Å². The lowest BCUT2D eigenvalue weighted by atomic mass is 10.2. The Bertz CT molecular complexity index is 1450. The summed E-state index contributed by atoms with van der Waals surface area (Å²) in [5, 5.41) is 13.7. The summed E-state index contributed by atoms with van der Waals surface area (Å²) < 4.78 is 63.1. The Morgan fingerprint density at radius 1 is 0.946 bits per heavy atom. The van der Waals surface area contributed by atoms with Crippen molar-refractivity contribution in [2.45, 2.75) is 22.9 Å². The molecule has 0 amide bonds. The molecule has 0 aliphatic rings. The number of nitrogens with zero attached hydrogens (tertiary/aromatic N) is 4. The van der Waals surface area contributed by atoms with Crippen LogP contribution in [0.25, 0.3) is 11.4 Å². The van der Waals surface area contributed by atoms with Gasteiger partial charge >= 0.3 is 0 Å². The van der Waals surface area contributed by atoms with Crippen molar-refractivity contribution in [1.82, 2.24) is 24.9 Å². The SMILES string of the molecule is COc1ccc(CN(Cc2ccc(OC)cc2)S(=O)(=O)c2c(S(=O)O)ccc(I)c2-c2nn[nH]n2)cc1. The second kappa shape index (κ2) is 11.6. The van der Waals surface area contributed by atoms with E-state index in [9.17, 15) is 17.2 Å². The molecule has 14 heteroatoms. The van der Waals surface area contributed by atoms with Crippen molar-refractivity contribution in [2.75, 3.05) is 14.2 Å². The molecule has 4 aromatic rings. The van der Waals surface area contributed by atoms with E-state index >= 15 is 0 Å².